The Morgan fingerprint density at radius 2 is 1.10 bits per heavy atom. The minimum Gasteiger partial charge on any atom is -0.873 e. The SMILES string of the molecule is CC[C@H](C)[C@@H]1NC(=O)C(C(C)=O)=C1[O-].CC[C@H](C)[C@@H]1NC(=O)C(C(C)=O)=C1[O-].[Cu+].[Cu]. The summed E-state index contributed by atoms with van der Waals surface area (Å²) < 4.78 is 0. The van der Waals surface area contributed by atoms with Gasteiger partial charge in [-0.3, -0.25) is 19.2 Å². The molecule has 2 N–H and O–H groups in total. The van der Waals surface area contributed by atoms with E-state index in [0.717, 1.165) is 12.8 Å². The third kappa shape index (κ3) is 6.70. The van der Waals surface area contributed by atoms with Gasteiger partial charge in [-0.2, -0.15) is 0 Å². The van der Waals surface area contributed by atoms with Crippen LogP contribution in [0.5, 0.6) is 0 Å². The van der Waals surface area contributed by atoms with Crippen LogP contribution in [0.2, 0.25) is 0 Å². The molecule has 0 saturated carbocycles. The first-order valence-corrected chi connectivity index (χ1v) is 9.43. The Labute approximate surface area is 198 Å². The van der Waals surface area contributed by atoms with Crippen LogP contribution in [0, 0.1) is 11.8 Å². The average molecular weight is 520 g/mol. The van der Waals surface area contributed by atoms with Gasteiger partial charge in [0.15, 0.2) is 11.6 Å². The van der Waals surface area contributed by atoms with Crippen molar-refractivity contribution in [3.63, 3.8) is 0 Å². The van der Waals surface area contributed by atoms with Crippen molar-refractivity contribution in [1.82, 2.24) is 10.6 Å². The van der Waals surface area contributed by atoms with Crippen molar-refractivity contribution in [2.45, 2.75) is 66.5 Å². The molecule has 2 rings (SSSR count). The summed E-state index contributed by atoms with van der Waals surface area (Å²) in [6.07, 6.45) is 1.59. The summed E-state index contributed by atoms with van der Waals surface area (Å²) in [4.78, 5) is 44.5. The summed E-state index contributed by atoms with van der Waals surface area (Å²) in [5.41, 5.74) is -0.398. The van der Waals surface area contributed by atoms with Gasteiger partial charge < -0.3 is 20.8 Å². The van der Waals surface area contributed by atoms with Crippen LogP contribution >= 0.6 is 0 Å². The molecule has 2 aliphatic heterocycles. The Hall–Kier alpha value is -1.60. The summed E-state index contributed by atoms with van der Waals surface area (Å²) >= 11 is 0. The molecule has 0 unspecified atom stereocenters. The standard InChI is InChI=1S/2C10H15NO3.2Cu/c2*1-4-5(2)8-9(13)7(6(3)12)10(14)11-8;;/h2*5,8,13H,4H2,1-3H3,(H,11,14);;/q;;;+1/p-2/t2*5-,8-;;/m00../s1. The third-order valence-corrected chi connectivity index (χ3v) is 5.22. The Kier molecular flexibility index (Phi) is 13.2. The van der Waals surface area contributed by atoms with Crippen LogP contribution in [0.15, 0.2) is 22.7 Å². The molecule has 2 heterocycles. The molecule has 177 valence electrons. The molecular weight excluding hydrogens is 491 g/mol. The fourth-order valence-electron chi connectivity index (χ4n) is 3.03. The maximum absolute atomic E-state index is 11.6. The number of nitrogens with one attached hydrogen (secondary N) is 2. The van der Waals surface area contributed by atoms with Gasteiger partial charge in [0.2, 0.25) is 0 Å². The second-order valence-electron chi connectivity index (χ2n) is 7.26. The van der Waals surface area contributed by atoms with Gasteiger partial charge in [0, 0.05) is 29.2 Å². The molecule has 4 atom stereocenters. The summed E-state index contributed by atoms with van der Waals surface area (Å²) in [6, 6.07) is -1.02. The quantitative estimate of drug-likeness (QED) is 0.357. The fourth-order valence-corrected chi connectivity index (χ4v) is 3.03. The number of hydrogen-bond donors (Lipinski definition) is 2. The Bertz CT molecular complexity index is 686. The van der Waals surface area contributed by atoms with Gasteiger partial charge in [-0.25, -0.2) is 0 Å². The molecule has 0 bridgehead atoms. The van der Waals surface area contributed by atoms with E-state index in [1.54, 1.807) is 0 Å². The van der Waals surface area contributed by atoms with Crippen molar-refractivity contribution in [2.75, 3.05) is 0 Å². The van der Waals surface area contributed by atoms with Crippen LogP contribution < -0.4 is 20.8 Å². The number of rotatable bonds is 6. The van der Waals surface area contributed by atoms with Gasteiger partial charge in [-0.1, -0.05) is 52.1 Å². The van der Waals surface area contributed by atoms with Crippen LogP contribution in [0.3, 0.4) is 0 Å². The minimum absolute atomic E-state index is 0. The number of Topliss-reactive ketones (excluding diaryl/α,β-unsaturated/α-hetero) is 2. The van der Waals surface area contributed by atoms with Crippen molar-refractivity contribution in [1.29, 1.82) is 0 Å². The largest absolute Gasteiger partial charge is 1.00 e. The van der Waals surface area contributed by atoms with E-state index in [-0.39, 0.29) is 68.6 Å². The normalized spacial score (nSPS) is 22.1. The summed E-state index contributed by atoms with van der Waals surface area (Å²) in [6.45, 7) is 10.1. The van der Waals surface area contributed by atoms with Crippen LogP contribution in [0.4, 0.5) is 0 Å². The molecule has 0 aromatic heterocycles. The first-order valence-electron chi connectivity index (χ1n) is 9.43. The van der Waals surface area contributed by atoms with Crippen LogP contribution in [-0.2, 0) is 53.3 Å². The molecule has 0 spiro atoms. The van der Waals surface area contributed by atoms with E-state index in [1.165, 1.54) is 13.8 Å². The van der Waals surface area contributed by atoms with Crippen molar-refractivity contribution in [3.8, 4) is 0 Å². The number of amides is 2. The molecule has 0 fully saturated rings. The Morgan fingerprint density at radius 1 is 0.833 bits per heavy atom. The average Bonchev–Trinajstić information content (AvgIpc) is 3.09. The van der Waals surface area contributed by atoms with E-state index in [9.17, 15) is 29.4 Å². The second kappa shape index (κ2) is 12.9. The molecule has 2 aliphatic rings. The van der Waals surface area contributed by atoms with Gasteiger partial charge >= 0.3 is 17.1 Å². The van der Waals surface area contributed by atoms with E-state index in [4.69, 9.17) is 0 Å². The predicted octanol–water partition coefficient (Wildman–Crippen LogP) is -0.536. The molecule has 0 aromatic rings. The minimum atomic E-state index is -0.521. The molecular formula is C20H28Cu2N2O6-. The monoisotopic (exact) mass is 518 g/mol. The molecule has 0 aliphatic carbocycles. The molecule has 10 heteroatoms. The Morgan fingerprint density at radius 3 is 1.27 bits per heavy atom. The number of carbonyl (C=O) groups excluding carboxylic acids is 4. The maximum atomic E-state index is 11.6. The van der Waals surface area contributed by atoms with E-state index in [0.29, 0.717) is 0 Å². The number of carbonyl (C=O) groups is 4. The Balaban J connectivity index is 0. The smallest absolute Gasteiger partial charge is 0.873 e. The topological polar surface area (TPSA) is 138 Å². The zero-order chi connectivity index (χ0) is 21.8. The summed E-state index contributed by atoms with van der Waals surface area (Å²) in [5.74, 6) is -2.49. The zero-order valence-electron chi connectivity index (χ0n) is 17.8. The molecule has 0 saturated heterocycles. The van der Waals surface area contributed by atoms with Crippen molar-refractivity contribution < 1.29 is 63.5 Å². The van der Waals surface area contributed by atoms with Crippen LogP contribution in [0.25, 0.3) is 0 Å². The first-order chi connectivity index (χ1) is 13.0. The van der Waals surface area contributed by atoms with Gasteiger partial charge in [-0.15, -0.1) is 0 Å². The van der Waals surface area contributed by atoms with Crippen LogP contribution in [0.1, 0.15) is 54.4 Å². The first kappa shape index (κ1) is 30.6. The molecule has 2 amide bonds. The predicted molar refractivity (Wildman–Crippen MR) is 98.2 cm³/mol. The van der Waals surface area contributed by atoms with E-state index in [1.807, 2.05) is 27.7 Å². The van der Waals surface area contributed by atoms with E-state index < -0.39 is 35.5 Å². The van der Waals surface area contributed by atoms with Crippen molar-refractivity contribution >= 4 is 23.4 Å². The summed E-state index contributed by atoms with van der Waals surface area (Å²) in [5, 5.41) is 28.3. The fraction of sp³-hybridized carbons (Fsp3) is 0.600. The van der Waals surface area contributed by atoms with Gasteiger partial charge in [-0.05, 0) is 25.7 Å². The zero-order valence-corrected chi connectivity index (χ0v) is 19.7. The maximum Gasteiger partial charge on any atom is 1.00 e. The van der Waals surface area contributed by atoms with Crippen molar-refractivity contribution in [2.24, 2.45) is 11.8 Å². The van der Waals surface area contributed by atoms with Gasteiger partial charge in [0.25, 0.3) is 11.8 Å². The van der Waals surface area contributed by atoms with Crippen molar-refractivity contribution in [3.05, 3.63) is 22.7 Å². The molecule has 30 heavy (non-hydrogen) atoms. The molecule has 1 radical (unpaired) electrons. The summed E-state index contributed by atoms with van der Waals surface area (Å²) in [7, 11) is 0. The van der Waals surface area contributed by atoms with Crippen LogP contribution in [-0.4, -0.2) is 35.5 Å². The molecule has 8 nitrogen and oxygen atoms in total. The van der Waals surface area contributed by atoms with Gasteiger partial charge in [0.1, 0.15) is 0 Å². The van der Waals surface area contributed by atoms with E-state index >= 15 is 0 Å². The number of hydrogen-bond acceptors (Lipinski definition) is 6. The third-order valence-electron chi connectivity index (χ3n) is 5.22. The number of ketones is 2. The molecule has 0 aromatic carbocycles. The van der Waals surface area contributed by atoms with Gasteiger partial charge in [0.05, 0.1) is 11.1 Å². The second-order valence-corrected chi connectivity index (χ2v) is 7.26. The van der Waals surface area contributed by atoms with E-state index in [2.05, 4.69) is 10.6 Å².